The van der Waals surface area contributed by atoms with Gasteiger partial charge in [-0.3, -0.25) is 4.79 Å². The van der Waals surface area contributed by atoms with Gasteiger partial charge in [0.25, 0.3) is 5.91 Å². The van der Waals surface area contributed by atoms with Crippen LogP contribution in [0, 0.1) is 0 Å². The number of nitrogens with one attached hydrogen (secondary N) is 1. The highest BCUT2D eigenvalue weighted by Crippen LogP contribution is 2.14. The number of hydrogen-bond donors (Lipinski definition) is 1. The summed E-state index contributed by atoms with van der Waals surface area (Å²) in [5.74, 6) is 1.52. The number of benzene rings is 1. The number of ether oxygens (including phenoxy) is 1. The molecular weight excluding hydrogens is 304 g/mol. The van der Waals surface area contributed by atoms with E-state index in [1.54, 1.807) is 13.2 Å². The number of nitrogens with zero attached hydrogens (tertiary/aromatic N) is 3. The first-order chi connectivity index (χ1) is 11.8. The Hall–Kier alpha value is -2.63. The van der Waals surface area contributed by atoms with Gasteiger partial charge in [0.15, 0.2) is 0 Å². The first-order valence-electron chi connectivity index (χ1n) is 8.24. The minimum atomic E-state index is -0.00857. The monoisotopic (exact) mass is 326 g/mol. The molecule has 1 saturated heterocycles. The molecule has 1 aliphatic rings. The summed E-state index contributed by atoms with van der Waals surface area (Å²) < 4.78 is 5.23. The molecule has 2 aromatic rings. The molecule has 1 aromatic heterocycles. The summed E-state index contributed by atoms with van der Waals surface area (Å²) in [5.41, 5.74) is 1.64. The molecule has 6 heteroatoms. The van der Waals surface area contributed by atoms with E-state index in [-0.39, 0.29) is 5.91 Å². The molecule has 0 spiro atoms. The molecule has 6 nitrogen and oxygen atoms in total. The molecule has 0 radical (unpaired) electrons. The highest BCUT2D eigenvalue weighted by Gasteiger charge is 2.20. The summed E-state index contributed by atoms with van der Waals surface area (Å²) >= 11 is 0. The number of hydrogen-bond acceptors (Lipinski definition) is 5. The lowest BCUT2D eigenvalue weighted by atomic mass is 10.1. The fraction of sp³-hybridized carbons (Fsp3) is 0.389. The van der Waals surface area contributed by atoms with E-state index in [0.29, 0.717) is 11.5 Å². The second-order valence-corrected chi connectivity index (χ2v) is 5.82. The topological polar surface area (TPSA) is 67.3 Å². The zero-order valence-electron chi connectivity index (χ0n) is 13.9. The molecule has 3 rings (SSSR count). The Kier molecular flexibility index (Phi) is 5.25. The average Bonchev–Trinajstić information content (AvgIpc) is 3.16. The Morgan fingerprint density at radius 2 is 2.08 bits per heavy atom. The number of carbonyl (C=O) groups excluding carboxylic acids is 1. The van der Waals surface area contributed by atoms with Crippen LogP contribution in [0.3, 0.4) is 0 Å². The van der Waals surface area contributed by atoms with E-state index < -0.39 is 0 Å². The maximum Gasteiger partial charge on any atom is 0.272 e. The van der Waals surface area contributed by atoms with E-state index in [2.05, 4.69) is 21.4 Å². The zero-order chi connectivity index (χ0) is 16.8. The van der Waals surface area contributed by atoms with Crippen LogP contribution in [0.15, 0.2) is 36.7 Å². The van der Waals surface area contributed by atoms with Crippen LogP contribution in [0.1, 0.15) is 28.9 Å². The van der Waals surface area contributed by atoms with Gasteiger partial charge in [0.2, 0.25) is 0 Å². The van der Waals surface area contributed by atoms with Gasteiger partial charge in [0.1, 0.15) is 23.6 Å². The van der Waals surface area contributed by atoms with Crippen molar-refractivity contribution in [1.82, 2.24) is 14.9 Å². The molecule has 0 atom stereocenters. The van der Waals surface area contributed by atoms with Crippen LogP contribution in [0.5, 0.6) is 5.75 Å². The molecule has 0 bridgehead atoms. The number of carbonyl (C=O) groups is 1. The lowest BCUT2D eigenvalue weighted by Gasteiger charge is -2.14. The molecule has 0 aliphatic carbocycles. The Labute approximate surface area is 141 Å². The molecule has 1 aliphatic heterocycles. The maximum atomic E-state index is 12.4. The van der Waals surface area contributed by atoms with Crippen molar-refractivity contribution >= 4 is 11.7 Å². The van der Waals surface area contributed by atoms with Gasteiger partial charge in [0.05, 0.1) is 7.11 Å². The minimum Gasteiger partial charge on any atom is -0.497 e. The van der Waals surface area contributed by atoms with E-state index >= 15 is 0 Å². The van der Waals surface area contributed by atoms with E-state index in [1.165, 1.54) is 11.9 Å². The van der Waals surface area contributed by atoms with Gasteiger partial charge in [0, 0.05) is 25.7 Å². The summed E-state index contributed by atoms with van der Waals surface area (Å²) in [6.07, 6.45) is 4.43. The van der Waals surface area contributed by atoms with Crippen LogP contribution in [-0.2, 0) is 6.42 Å². The lowest BCUT2D eigenvalue weighted by molar-refractivity contribution is 0.0787. The Bertz CT molecular complexity index is 699. The standard InChI is InChI=1S/C18H22N4O2/c1-24-15-6-4-5-14(11-15)7-8-19-17-12-16(20-13-21-17)18(23)22-9-2-3-10-22/h4-6,11-13H,2-3,7-10H2,1H3,(H,19,20,21). The number of likely N-dealkylation sites (tertiary alicyclic amines) is 1. The minimum absolute atomic E-state index is 0.00857. The second kappa shape index (κ2) is 7.77. The third-order valence-corrected chi connectivity index (χ3v) is 4.13. The Balaban J connectivity index is 1.57. The number of methoxy groups -OCH3 is 1. The summed E-state index contributed by atoms with van der Waals surface area (Å²) in [6, 6.07) is 9.71. The molecule has 0 unspecified atom stereocenters. The zero-order valence-corrected chi connectivity index (χ0v) is 13.9. The van der Waals surface area contributed by atoms with E-state index in [1.807, 2.05) is 23.1 Å². The molecule has 0 saturated carbocycles. The lowest BCUT2D eigenvalue weighted by Crippen LogP contribution is -2.28. The largest absolute Gasteiger partial charge is 0.497 e. The van der Waals surface area contributed by atoms with E-state index in [0.717, 1.165) is 44.6 Å². The highest BCUT2D eigenvalue weighted by atomic mass is 16.5. The van der Waals surface area contributed by atoms with Crippen molar-refractivity contribution < 1.29 is 9.53 Å². The SMILES string of the molecule is COc1cccc(CCNc2cc(C(=O)N3CCCC3)ncn2)c1. The smallest absolute Gasteiger partial charge is 0.272 e. The second-order valence-electron chi connectivity index (χ2n) is 5.82. The van der Waals surface area contributed by atoms with Crippen molar-refractivity contribution in [2.24, 2.45) is 0 Å². The van der Waals surface area contributed by atoms with Crippen LogP contribution < -0.4 is 10.1 Å². The molecule has 24 heavy (non-hydrogen) atoms. The Morgan fingerprint density at radius 1 is 1.25 bits per heavy atom. The third-order valence-electron chi connectivity index (χ3n) is 4.13. The predicted octanol–water partition coefficient (Wildman–Crippen LogP) is 2.38. The Morgan fingerprint density at radius 3 is 2.88 bits per heavy atom. The van der Waals surface area contributed by atoms with E-state index in [9.17, 15) is 4.79 Å². The predicted molar refractivity (Wildman–Crippen MR) is 92.4 cm³/mol. The van der Waals surface area contributed by atoms with Crippen LogP contribution in [0.2, 0.25) is 0 Å². The van der Waals surface area contributed by atoms with Gasteiger partial charge in [-0.05, 0) is 37.0 Å². The fourth-order valence-electron chi connectivity index (χ4n) is 2.82. The van der Waals surface area contributed by atoms with Gasteiger partial charge >= 0.3 is 0 Å². The summed E-state index contributed by atoms with van der Waals surface area (Å²) in [6.45, 7) is 2.37. The van der Waals surface area contributed by atoms with Crippen molar-refractivity contribution in [2.75, 3.05) is 32.1 Å². The summed E-state index contributed by atoms with van der Waals surface area (Å²) in [5, 5.41) is 3.25. The van der Waals surface area contributed by atoms with Crippen molar-refractivity contribution in [3.63, 3.8) is 0 Å². The summed E-state index contributed by atoms with van der Waals surface area (Å²) in [4.78, 5) is 22.5. The van der Waals surface area contributed by atoms with Crippen LogP contribution >= 0.6 is 0 Å². The number of anilines is 1. The van der Waals surface area contributed by atoms with Crippen LogP contribution in [0.4, 0.5) is 5.82 Å². The first-order valence-corrected chi connectivity index (χ1v) is 8.24. The molecule has 1 fully saturated rings. The van der Waals surface area contributed by atoms with Crippen molar-refractivity contribution in [3.05, 3.63) is 47.9 Å². The van der Waals surface area contributed by atoms with Crippen LogP contribution in [-0.4, -0.2) is 47.5 Å². The summed E-state index contributed by atoms with van der Waals surface area (Å²) in [7, 11) is 1.66. The number of rotatable bonds is 6. The average molecular weight is 326 g/mol. The molecule has 1 N–H and O–H groups in total. The fourth-order valence-corrected chi connectivity index (χ4v) is 2.82. The third kappa shape index (κ3) is 4.01. The molecule has 126 valence electrons. The van der Waals surface area contributed by atoms with Gasteiger partial charge in [-0.2, -0.15) is 0 Å². The van der Waals surface area contributed by atoms with E-state index in [4.69, 9.17) is 4.74 Å². The van der Waals surface area contributed by atoms with Gasteiger partial charge in [-0.25, -0.2) is 9.97 Å². The van der Waals surface area contributed by atoms with Crippen LogP contribution in [0.25, 0.3) is 0 Å². The number of aromatic nitrogens is 2. The highest BCUT2D eigenvalue weighted by molar-refractivity contribution is 5.93. The van der Waals surface area contributed by atoms with Gasteiger partial charge in [-0.15, -0.1) is 0 Å². The molecular formula is C18H22N4O2. The first kappa shape index (κ1) is 16.2. The van der Waals surface area contributed by atoms with Crippen molar-refractivity contribution in [2.45, 2.75) is 19.3 Å². The molecule has 1 aromatic carbocycles. The quantitative estimate of drug-likeness (QED) is 0.883. The molecule has 2 heterocycles. The molecule has 1 amide bonds. The van der Waals surface area contributed by atoms with Crippen molar-refractivity contribution in [1.29, 1.82) is 0 Å². The number of amides is 1. The normalized spacial score (nSPS) is 13.8. The van der Waals surface area contributed by atoms with Gasteiger partial charge < -0.3 is 15.0 Å². The van der Waals surface area contributed by atoms with Crippen molar-refractivity contribution in [3.8, 4) is 5.75 Å². The maximum absolute atomic E-state index is 12.4. The van der Waals surface area contributed by atoms with Gasteiger partial charge in [-0.1, -0.05) is 12.1 Å².